The minimum absolute atomic E-state index is 0.207. The number of pyridine rings is 1. The Morgan fingerprint density at radius 1 is 1.22 bits per heavy atom. The van der Waals surface area contributed by atoms with Crippen molar-refractivity contribution < 1.29 is 13.2 Å². The van der Waals surface area contributed by atoms with Gasteiger partial charge in [0.1, 0.15) is 5.37 Å². The number of nitrogens with one attached hydrogen (secondary N) is 3. The molecule has 1 atom stereocenters. The maximum atomic E-state index is 13.1. The molecule has 1 amide bonds. The van der Waals surface area contributed by atoms with Gasteiger partial charge in [-0.1, -0.05) is 12.1 Å². The molecule has 27 heavy (non-hydrogen) atoms. The fourth-order valence-corrected chi connectivity index (χ4v) is 4.83. The van der Waals surface area contributed by atoms with Gasteiger partial charge in [0.15, 0.2) is 15.7 Å². The number of fused-ring (bicyclic) bond motifs is 1. The summed E-state index contributed by atoms with van der Waals surface area (Å²) in [6.07, 6.45) is 3.02. The van der Waals surface area contributed by atoms with E-state index in [-0.39, 0.29) is 16.6 Å². The highest BCUT2D eigenvalue weighted by atomic mass is 32.2. The highest BCUT2D eigenvalue weighted by Crippen LogP contribution is 2.37. The number of hydrogen-bond donors (Lipinski definition) is 3. The number of H-pyrrole nitrogens is 1. The lowest BCUT2D eigenvalue weighted by Crippen LogP contribution is -2.24. The summed E-state index contributed by atoms with van der Waals surface area (Å²) in [6.45, 7) is 2.16. The summed E-state index contributed by atoms with van der Waals surface area (Å²) in [4.78, 5) is 16.5. The predicted molar refractivity (Wildman–Crippen MR) is 98.7 cm³/mol. The molecule has 1 aliphatic rings. The molecule has 3 aromatic rings. The van der Waals surface area contributed by atoms with Crippen molar-refractivity contribution in [3.05, 3.63) is 71.2 Å². The Kier molecular flexibility index (Phi) is 4.25. The van der Waals surface area contributed by atoms with Gasteiger partial charge >= 0.3 is 0 Å². The number of carbonyl (C=O) groups excluding carboxylic acids is 1. The number of anilines is 1. The average molecular weight is 383 g/mol. The van der Waals surface area contributed by atoms with Crippen LogP contribution in [-0.4, -0.2) is 29.5 Å². The molecule has 0 radical (unpaired) electrons. The minimum atomic E-state index is -3.70. The summed E-state index contributed by atoms with van der Waals surface area (Å²) in [5.74, 6) is -0.177. The number of hydrogen-bond acceptors (Lipinski definition) is 6. The highest BCUT2D eigenvalue weighted by molar-refractivity contribution is 7.91. The van der Waals surface area contributed by atoms with Crippen LogP contribution in [0.1, 0.15) is 32.6 Å². The molecular formula is C18H17N5O3S. The normalized spacial score (nSPS) is 16.1. The Morgan fingerprint density at radius 2 is 2.00 bits per heavy atom. The van der Waals surface area contributed by atoms with Crippen LogP contribution in [0.25, 0.3) is 0 Å². The summed E-state index contributed by atoms with van der Waals surface area (Å²) in [5.41, 5.74) is 2.35. The minimum Gasteiger partial charge on any atom is -0.305 e. The topological polar surface area (TPSA) is 117 Å². The van der Waals surface area contributed by atoms with Crippen LogP contribution in [0.5, 0.6) is 0 Å². The second-order valence-corrected chi connectivity index (χ2v) is 8.31. The molecule has 0 fully saturated rings. The predicted octanol–water partition coefficient (Wildman–Crippen LogP) is 1.94. The van der Waals surface area contributed by atoms with Gasteiger partial charge in [0.05, 0.1) is 16.2 Å². The Balaban J connectivity index is 1.68. The molecule has 1 aliphatic heterocycles. The lowest BCUT2D eigenvalue weighted by atomic mass is 10.2. The van der Waals surface area contributed by atoms with Crippen molar-refractivity contribution in [2.45, 2.75) is 23.7 Å². The lowest BCUT2D eigenvalue weighted by molar-refractivity contribution is 0.102. The summed E-state index contributed by atoms with van der Waals surface area (Å²) < 4.78 is 26.3. The molecule has 0 saturated heterocycles. The molecule has 138 valence electrons. The van der Waals surface area contributed by atoms with Gasteiger partial charge in [0.2, 0.25) is 0 Å². The summed E-state index contributed by atoms with van der Waals surface area (Å²) in [7, 11) is -3.70. The second-order valence-electron chi connectivity index (χ2n) is 6.28. The number of aromatic amines is 1. The maximum absolute atomic E-state index is 13.1. The van der Waals surface area contributed by atoms with Crippen molar-refractivity contribution in [2.24, 2.45) is 0 Å². The molecule has 8 nitrogen and oxygen atoms in total. The van der Waals surface area contributed by atoms with Gasteiger partial charge in [-0.05, 0) is 36.8 Å². The average Bonchev–Trinajstić information content (AvgIpc) is 3.26. The zero-order chi connectivity index (χ0) is 19.0. The zero-order valence-corrected chi connectivity index (χ0v) is 15.2. The van der Waals surface area contributed by atoms with Gasteiger partial charge in [0, 0.05) is 24.5 Å². The fourth-order valence-electron chi connectivity index (χ4n) is 3.07. The van der Waals surface area contributed by atoms with E-state index in [1.807, 2.05) is 13.0 Å². The third-order valence-electron chi connectivity index (χ3n) is 4.41. The van der Waals surface area contributed by atoms with E-state index >= 15 is 0 Å². The third kappa shape index (κ3) is 3.11. The molecule has 2 aromatic heterocycles. The molecule has 0 bridgehead atoms. The Bertz CT molecular complexity index is 1110. The van der Waals surface area contributed by atoms with Crippen molar-refractivity contribution in [1.82, 2.24) is 20.5 Å². The molecule has 4 rings (SSSR count). The van der Waals surface area contributed by atoms with E-state index in [0.717, 1.165) is 5.56 Å². The van der Waals surface area contributed by atoms with Gasteiger partial charge in [-0.15, -0.1) is 0 Å². The van der Waals surface area contributed by atoms with Crippen molar-refractivity contribution in [3.63, 3.8) is 0 Å². The van der Waals surface area contributed by atoms with Gasteiger partial charge in [-0.3, -0.25) is 20.2 Å². The van der Waals surface area contributed by atoms with E-state index < -0.39 is 15.2 Å². The SMILES string of the molecule is Cc1cccc(S(=O)(=O)C2NCc3[nH]nc(NC(=O)c4ccncc4)c32)c1. The van der Waals surface area contributed by atoms with Crippen LogP contribution < -0.4 is 10.6 Å². The van der Waals surface area contributed by atoms with Crippen molar-refractivity contribution in [3.8, 4) is 0 Å². The third-order valence-corrected chi connectivity index (χ3v) is 6.35. The lowest BCUT2D eigenvalue weighted by Gasteiger charge is -2.15. The van der Waals surface area contributed by atoms with Gasteiger partial charge < -0.3 is 5.32 Å². The molecule has 0 aliphatic carbocycles. The van der Waals surface area contributed by atoms with E-state index in [0.29, 0.717) is 23.4 Å². The maximum Gasteiger partial charge on any atom is 0.256 e. The highest BCUT2D eigenvalue weighted by Gasteiger charge is 2.39. The fraction of sp³-hybridized carbons (Fsp3) is 0.167. The first-order valence-electron chi connectivity index (χ1n) is 8.29. The van der Waals surface area contributed by atoms with E-state index in [2.05, 4.69) is 25.8 Å². The number of amides is 1. The second kappa shape index (κ2) is 6.60. The molecule has 3 N–H and O–H groups in total. The van der Waals surface area contributed by atoms with Crippen LogP contribution in [0.15, 0.2) is 53.7 Å². The molecular weight excluding hydrogens is 366 g/mol. The monoisotopic (exact) mass is 383 g/mol. The number of nitrogens with zero attached hydrogens (tertiary/aromatic N) is 2. The standard InChI is InChI=1S/C18H17N5O3S/c1-11-3-2-4-13(9-11)27(25,26)18-15-14(10-20-18)22-23-16(15)21-17(24)12-5-7-19-8-6-12/h2-9,18,20H,10H2,1H3,(H2,21,22,23,24). The van der Waals surface area contributed by atoms with Crippen LogP contribution in [0.4, 0.5) is 5.82 Å². The molecule has 0 saturated carbocycles. The largest absolute Gasteiger partial charge is 0.305 e. The number of benzene rings is 1. The smallest absolute Gasteiger partial charge is 0.256 e. The Labute approximate surface area is 156 Å². The van der Waals surface area contributed by atoms with E-state index in [4.69, 9.17) is 0 Å². The van der Waals surface area contributed by atoms with Crippen molar-refractivity contribution in [1.29, 1.82) is 0 Å². The van der Waals surface area contributed by atoms with Gasteiger partial charge in [-0.2, -0.15) is 5.10 Å². The number of carbonyl (C=O) groups is 1. The van der Waals surface area contributed by atoms with Crippen molar-refractivity contribution in [2.75, 3.05) is 5.32 Å². The number of sulfone groups is 1. The van der Waals surface area contributed by atoms with Gasteiger partial charge in [-0.25, -0.2) is 8.42 Å². The van der Waals surface area contributed by atoms with Crippen LogP contribution in [0.3, 0.4) is 0 Å². The van der Waals surface area contributed by atoms with E-state index in [1.54, 1.807) is 30.3 Å². The first-order chi connectivity index (χ1) is 13.0. The molecule has 1 aromatic carbocycles. The summed E-state index contributed by atoms with van der Waals surface area (Å²) >= 11 is 0. The summed E-state index contributed by atoms with van der Waals surface area (Å²) in [5, 5.41) is 11.6. The molecule has 9 heteroatoms. The number of aryl methyl sites for hydroxylation is 1. The number of rotatable bonds is 4. The molecule has 3 heterocycles. The van der Waals surface area contributed by atoms with Gasteiger partial charge in [0.25, 0.3) is 5.91 Å². The Morgan fingerprint density at radius 3 is 2.74 bits per heavy atom. The van der Waals surface area contributed by atoms with E-state index in [1.165, 1.54) is 12.4 Å². The van der Waals surface area contributed by atoms with Crippen LogP contribution >= 0.6 is 0 Å². The van der Waals surface area contributed by atoms with Crippen LogP contribution in [0, 0.1) is 6.92 Å². The van der Waals surface area contributed by atoms with E-state index in [9.17, 15) is 13.2 Å². The van der Waals surface area contributed by atoms with Crippen molar-refractivity contribution >= 4 is 21.6 Å². The number of aromatic nitrogens is 3. The first kappa shape index (κ1) is 17.4. The van der Waals surface area contributed by atoms with Crippen LogP contribution in [-0.2, 0) is 16.4 Å². The quantitative estimate of drug-likeness (QED) is 0.634. The Hall–Kier alpha value is -3.04. The summed E-state index contributed by atoms with van der Waals surface area (Å²) in [6, 6.07) is 9.88. The first-order valence-corrected chi connectivity index (χ1v) is 9.84. The van der Waals surface area contributed by atoms with Crippen LogP contribution in [0.2, 0.25) is 0 Å². The zero-order valence-electron chi connectivity index (χ0n) is 14.4. The molecule has 0 spiro atoms. The molecule has 1 unspecified atom stereocenters.